The maximum Gasteiger partial charge on any atom is 0.309 e. The van der Waals surface area contributed by atoms with Crippen molar-refractivity contribution in [3.8, 4) is 0 Å². The van der Waals surface area contributed by atoms with Gasteiger partial charge in [0.25, 0.3) is 0 Å². The van der Waals surface area contributed by atoms with Crippen molar-refractivity contribution in [3.05, 3.63) is 0 Å². The number of aliphatic hydroxyl groups excluding tert-OH is 1. The zero-order valence-corrected chi connectivity index (χ0v) is 22.4. The van der Waals surface area contributed by atoms with E-state index in [1.807, 2.05) is 0 Å². The van der Waals surface area contributed by atoms with Gasteiger partial charge in [0.15, 0.2) is 0 Å². The molecular weight excluding hydrogens is 408 g/mol. The predicted octanol–water partition coefficient (Wildman–Crippen LogP) is 7.17. The topological polar surface area (TPSA) is 57.5 Å². The fraction of sp³-hybridized carbons (Fsp3) is 0.967. The standard InChI is InChI=1S/C30H50O3/c1-18-10-15-30(25(32)33)17-16-28(6)20(24(30)19(18)2)8-9-22-27(5)13-12-23(31)26(3,4)21(27)11-14-29(22,28)7/h18-24,31H,8-17H2,1-7H3,(H,32,33)/t18-,19+,20-,21+,22-,23+,24+,27+,28-,29-,30+/m1/s1. The molecule has 3 heteroatoms. The lowest BCUT2D eigenvalue weighted by molar-refractivity contribution is -0.258. The number of aliphatic carboxylic acids is 1. The Balaban J connectivity index is 1.56. The molecule has 0 aromatic heterocycles. The first-order chi connectivity index (χ1) is 15.3. The number of fused-ring (bicyclic) bond motifs is 7. The maximum absolute atomic E-state index is 12.8. The molecular formula is C30H50O3. The van der Waals surface area contributed by atoms with E-state index in [0.717, 1.165) is 38.5 Å². The Labute approximate surface area is 202 Å². The third kappa shape index (κ3) is 2.81. The van der Waals surface area contributed by atoms with Crippen LogP contribution in [-0.4, -0.2) is 22.3 Å². The summed E-state index contributed by atoms with van der Waals surface area (Å²) in [6.45, 7) is 17.2. The molecule has 3 nitrogen and oxygen atoms in total. The van der Waals surface area contributed by atoms with Crippen molar-refractivity contribution in [1.29, 1.82) is 0 Å². The molecule has 33 heavy (non-hydrogen) atoms. The molecule has 0 aliphatic heterocycles. The lowest BCUT2D eigenvalue weighted by Crippen LogP contribution is -2.68. The summed E-state index contributed by atoms with van der Waals surface area (Å²) in [4.78, 5) is 12.8. The molecule has 5 rings (SSSR count). The Morgan fingerprint density at radius 3 is 2.12 bits per heavy atom. The summed E-state index contributed by atoms with van der Waals surface area (Å²) in [5.41, 5.74) is 0.280. The number of rotatable bonds is 1. The predicted molar refractivity (Wildman–Crippen MR) is 133 cm³/mol. The van der Waals surface area contributed by atoms with Gasteiger partial charge >= 0.3 is 5.97 Å². The molecule has 0 amide bonds. The van der Waals surface area contributed by atoms with Crippen LogP contribution in [0, 0.1) is 62.6 Å². The van der Waals surface area contributed by atoms with Crippen molar-refractivity contribution in [3.63, 3.8) is 0 Å². The van der Waals surface area contributed by atoms with Crippen LogP contribution in [-0.2, 0) is 4.79 Å². The Kier molecular flexibility index (Phi) is 5.29. The number of hydrogen-bond acceptors (Lipinski definition) is 2. The first kappa shape index (κ1) is 24.1. The van der Waals surface area contributed by atoms with Gasteiger partial charge in [-0.3, -0.25) is 4.79 Å². The summed E-state index contributed by atoms with van der Waals surface area (Å²) in [7, 11) is 0. The van der Waals surface area contributed by atoms with E-state index in [4.69, 9.17) is 0 Å². The second-order valence-electron chi connectivity index (χ2n) is 14.9. The van der Waals surface area contributed by atoms with E-state index >= 15 is 0 Å². The van der Waals surface area contributed by atoms with Crippen LogP contribution in [0.4, 0.5) is 0 Å². The number of hydrogen-bond donors (Lipinski definition) is 2. The highest BCUT2D eigenvalue weighted by Gasteiger charge is 2.71. The SMILES string of the molecule is C[C@@H]1[C@H]2[C@H]3CC[C@@H]4[C@@]5(C)CC[C@H](O)C(C)(C)[C@@H]5CC[C@@]4(C)[C@]3(C)CC[C@@]2(C(=O)O)CC[C@H]1C. The second kappa shape index (κ2) is 7.23. The van der Waals surface area contributed by atoms with E-state index in [-0.39, 0.29) is 27.8 Å². The maximum atomic E-state index is 12.8. The Morgan fingerprint density at radius 1 is 0.758 bits per heavy atom. The van der Waals surface area contributed by atoms with Crippen LogP contribution in [0.5, 0.6) is 0 Å². The lowest BCUT2D eigenvalue weighted by atomic mass is 9.31. The highest BCUT2D eigenvalue weighted by atomic mass is 16.4. The van der Waals surface area contributed by atoms with Crippen molar-refractivity contribution < 1.29 is 15.0 Å². The van der Waals surface area contributed by atoms with Crippen LogP contribution in [0.25, 0.3) is 0 Å². The zero-order valence-electron chi connectivity index (χ0n) is 22.4. The van der Waals surface area contributed by atoms with Crippen molar-refractivity contribution in [2.45, 2.75) is 119 Å². The molecule has 0 radical (unpaired) electrons. The summed E-state index contributed by atoms with van der Waals surface area (Å²) in [6, 6.07) is 0. The van der Waals surface area contributed by atoms with Crippen LogP contribution < -0.4 is 0 Å². The normalized spacial score (nSPS) is 57.8. The monoisotopic (exact) mass is 458 g/mol. The minimum absolute atomic E-state index is 0.00950. The van der Waals surface area contributed by atoms with Crippen LogP contribution in [0.2, 0.25) is 0 Å². The number of aliphatic hydroxyl groups is 1. The van der Waals surface area contributed by atoms with Gasteiger partial charge in [-0.1, -0.05) is 48.5 Å². The van der Waals surface area contributed by atoms with Gasteiger partial charge in [0.2, 0.25) is 0 Å². The lowest BCUT2D eigenvalue weighted by Gasteiger charge is -2.73. The highest BCUT2D eigenvalue weighted by Crippen LogP contribution is 2.77. The average molecular weight is 459 g/mol. The molecule has 5 saturated carbocycles. The Hall–Kier alpha value is -0.570. The van der Waals surface area contributed by atoms with E-state index in [1.54, 1.807) is 0 Å². The number of carbonyl (C=O) groups is 1. The van der Waals surface area contributed by atoms with E-state index in [9.17, 15) is 15.0 Å². The Morgan fingerprint density at radius 2 is 1.45 bits per heavy atom. The largest absolute Gasteiger partial charge is 0.481 e. The molecule has 5 aliphatic rings. The Bertz CT molecular complexity index is 819. The van der Waals surface area contributed by atoms with E-state index in [2.05, 4.69) is 48.5 Å². The van der Waals surface area contributed by atoms with Crippen LogP contribution in [0.3, 0.4) is 0 Å². The quantitative estimate of drug-likeness (QED) is 0.438. The summed E-state index contributed by atoms with van der Waals surface area (Å²) < 4.78 is 0. The van der Waals surface area contributed by atoms with E-state index < -0.39 is 11.4 Å². The molecule has 0 saturated heterocycles. The molecule has 0 spiro atoms. The summed E-state index contributed by atoms with van der Waals surface area (Å²) in [6.07, 6.45) is 10.8. The molecule has 0 unspecified atom stereocenters. The van der Waals surface area contributed by atoms with Gasteiger partial charge in [0.1, 0.15) is 0 Å². The van der Waals surface area contributed by atoms with Crippen molar-refractivity contribution in [2.24, 2.45) is 62.6 Å². The fourth-order valence-corrected chi connectivity index (χ4v) is 11.7. The van der Waals surface area contributed by atoms with Gasteiger partial charge in [-0.25, -0.2) is 0 Å². The van der Waals surface area contributed by atoms with E-state index in [0.29, 0.717) is 35.5 Å². The summed E-state index contributed by atoms with van der Waals surface area (Å²) in [5.74, 6) is 2.75. The van der Waals surface area contributed by atoms with Gasteiger partial charge in [-0.05, 0) is 121 Å². The first-order valence-electron chi connectivity index (χ1n) is 14.2. The minimum atomic E-state index is -0.501. The smallest absolute Gasteiger partial charge is 0.309 e. The number of carboxylic acids is 1. The average Bonchev–Trinajstić information content (AvgIpc) is 2.74. The van der Waals surface area contributed by atoms with Crippen molar-refractivity contribution in [1.82, 2.24) is 0 Å². The van der Waals surface area contributed by atoms with Crippen LogP contribution in [0.15, 0.2) is 0 Å². The van der Waals surface area contributed by atoms with Gasteiger partial charge in [-0.2, -0.15) is 0 Å². The minimum Gasteiger partial charge on any atom is -0.481 e. The molecule has 2 N–H and O–H groups in total. The highest BCUT2D eigenvalue weighted by molar-refractivity contribution is 5.75. The molecule has 188 valence electrons. The zero-order chi connectivity index (χ0) is 24.2. The molecule has 5 aliphatic carbocycles. The summed E-state index contributed by atoms with van der Waals surface area (Å²) in [5, 5.41) is 21.5. The van der Waals surface area contributed by atoms with E-state index in [1.165, 1.54) is 25.7 Å². The molecule has 0 heterocycles. The van der Waals surface area contributed by atoms with Gasteiger partial charge < -0.3 is 10.2 Å². The molecule has 0 aromatic rings. The van der Waals surface area contributed by atoms with Gasteiger partial charge in [-0.15, -0.1) is 0 Å². The van der Waals surface area contributed by atoms with Crippen LogP contribution >= 0.6 is 0 Å². The third-order valence-electron chi connectivity index (χ3n) is 14.0. The van der Waals surface area contributed by atoms with Crippen molar-refractivity contribution in [2.75, 3.05) is 0 Å². The van der Waals surface area contributed by atoms with Gasteiger partial charge in [0, 0.05) is 0 Å². The molecule has 5 fully saturated rings. The third-order valence-corrected chi connectivity index (χ3v) is 14.0. The molecule has 11 atom stereocenters. The molecule has 0 bridgehead atoms. The second-order valence-corrected chi connectivity index (χ2v) is 14.9. The first-order valence-corrected chi connectivity index (χ1v) is 14.2. The molecule has 0 aromatic carbocycles. The van der Waals surface area contributed by atoms with Gasteiger partial charge in [0.05, 0.1) is 11.5 Å². The number of carboxylic acid groups (broad SMARTS) is 1. The fourth-order valence-electron chi connectivity index (χ4n) is 11.7. The van der Waals surface area contributed by atoms with Crippen molar-refractivity contribution >= 4 is 5.97 Å². The van der Waals surface area contributed by atoms with Crippen LogP contribution in [0.1, 0.15) is 113 Å². The summed E-state index contributed by atoms with van der Waals surface area (Å²) >= 11 is 0.